The van der Waals surface area contributed by atoms with E-state index >= 15 is 0 Å². The standard InChI is InChI=1S/C17H15NO3/c19-17(15-11-5-6-12-16(15)18(20)21)13-7-4-10-14-8-2-1-3-9-14/h1-3,5-9,11-13H,4,10H2/b13-7+. The fourth-order valence-corrected chi connectivity index (χ4v) is 2.02. The summed E-state index contributed by atoms with van der Waals surface area (Å²) in [7, 11) is 0. The normalized spacial score (nSPS) is 10.7. The first-order valence-electron chi connectivity index (χ1n) is 6.66. The second kappa shape index (κ2) is 7.14. The van der Waals surface area contributed by atoms with E-state index in [1.165, 1.54) is 23.8 Å². The van der Waals surface area contributed by atoms with Crippen LogP contribution in [0.1, 0.15) is 22.3 Å². The third-order valence-corrected chi connectivity index (χ3v) is 3.08. The van der Waals surface area contributed by atoms with E-state index in [0.717, 1.165) is 12.8 Å². The molecule has 0 aliphatic rings. The maximum atomic E-state index is 12.0. The average molecular weight is 281 g/mol. The lowest BCUT2D eigenvalue weighted by atomic mass is 10.1. The molecule has 21 heavy (non-hydrogen) atoms. The van der Waals surface area contributed by atoms with Gasteiger partial charge in [0.15, 0.2) is 5.78 Å². The molecule has 2 rings (SSSR count). The lowest BCUT2D eigenvalue weighted by molar-refractivity contribution is -0.385. The molecule has 0 aliphatic carbocycles. The zero-order valence-corrected chi connectivity index (χ0v) is 11.4. The summed E-state index contributed by atoms with van der Waals surface area (Å²) in [5.41, 5.74) is 1.16. The summed E-state index contributed by atoms with van der Waals surface area (Å²) in [5, 5.41) is 10.9. The number of nitro benzene ring substituents is 1. The number of nitrogens with zero attached hydrogens (tertiary/aromatic N) is 1. The summed E-state index contributed by atoms with van der Waals surface area (Å²) in [5.74, 6) is -0.338. The van der Waals surface area contributed by atoms with E-state index in [1.807, 2.05) is 30.3 Å². The van der Waals surface area contributed by atoms with Gasteiger partial charge in [-0.3, -0.25) is 14.9 Å². The summed E-state index contributed by atoms with van der Waals surface area (Å²) < 4.78 is 0. The Labute approximate surface area is 122 Å². The molecular formula is C17H15NO3. The molecule has 0 radical (unpaired) electrons. The Kier molecular flexibility index (Phi) is 4.99. The number of aryl methyl sites for hydroxylation is 1. The molecule has 0 bridgehead atoms. The van der Waals surface area contributed by atoms with Crippen LogP contribution in [0.4, 0.5) is 5.69 Å². The summed E-state index contributed by atoms with van der Waals surface area (Å²) in [6.45, 7) is 0. The topological polar surface area (TPSA) is 60.2 Å². The molecule has 0 spiro atoms. The van der Waals surface area contributed by atoms with Gasteiger partial charge >= 0.3 is 0 Å². The van der Waals surface area contributed by atoms with Crippen molar-refractivity contribution in [3.05, 3.63) is 88.0 Å². The van der Waals surface area contributed by atoms with Gasteiger partial charge in [-0.2, -0.15) is 0 Å². The van der Waals surface area contributed by atoms with Crippen LogP contribution in [0.25, 0.3) is 0 Å². The Morgan fingerprint density at radius 2 is 1.71 bits per heavy atom. The number of hydrogen-bond acceptors (Lipinski definition) is 3. The molecule has 106 valence electrons. The van der Waals surface area contributed by atoms with Crippen molar-refractivity contribution < 1.29 is 9.72 Å². The highest BCUT2D eigenvalue weighted by atomic mass is 16.6. The second-order valence-corrected chi connectivity index (χ2v) is 4.57. The van der Waals surface area contributed by atoms with E-state index in [-0.39, 0.29) is 17.0 Å². The number of allylic oxidation sites excluding steroid dienone is 2. The second-order valence-electron chi connectivity index (χ2n) is 4.57. The maximum Gasteiger partial charge on any atom is 0.280 e. The van der Waals surface area contributed by atoms with Crippen molar-refractivity contribution in [3.63, 3.8) is 0 Å². The van der Waals surface area contributed by atoms with Crippen molar-refractivity contribution in [1.82, 2.24) is 0 Å². The van der Waals surface area contributed by atoms with Crippen LogP contribution >= 0.6 is 0 Å². The van der Waals surface area contributed by atoms with E-state index in [2.05, 4.69) is 0 Å². The van der Waals surface area contributed by atoms with Crippen molar-refractivity contribution in [2.45, 2.75) is 12.8 Å². The molecule has 0 amide bonds. The maximum absolute atomic E-state index is 12.0. The quantitative estimate of drug-likeness (QED) is 0.348. The van der Waals surface area contributed by atoms with Crippen molar-refractivity contribution >= 4 is 11.5 Å². The lowest BCUT2D eigenvalue weighted by Crippen LogP contribution is -2.00. The van der Waals surface area contributed by atoms with Crippen LogP contribution in [0.3, 0.4) is 0 Å². The number of rotatable bonds is 6. The Bertz CT molecular complexity index is 663. The van der Waals surface area contributed by atoms with Gasteiger partial charge in [-0.1, -0.05) is 48.5 Å². The van der Waals surface area contributed by atoms with Crippen LogP contribution in [0, 0.1) is 10.1 Å². The number of benzene rings is 2. The third-order valence-electron chi connectivity index (χ3n) is 3.08. The largest absolute Gasteiger partial charge is 0.289 e. The van der Waals surface area contributed by atoms with Gasteiger partial charge in [-0.15, -0.1) is 0 Å². The molecule has 0 aliphatic heterocycles. The minimum Gasteiger partial charge on any atom is -0.289 e. The molecule has 2 aromatic rings. The molecule has 0 heterocycles. The van der Waals surface area contributed by atoms with Crippen molar-refractivity contribution in [3.8, 4) is 0 Å². The molecule has 0 fully saturated rings. The number of hydrogen-bond donors (Lipinski definition) is 0. The molecule has 0 saturated carbocycles. The molecule has 0 aromatic heterocycles. The minimum atomic E-state index is -0.537. The van der Waals surface area contributed by atoms with Gasteiger partial charge in [-0.25, -0.2) is 0 Å². The van der Waals surface area contributed by atoms with Crippen molar-refractivity contribution in [2.24, 2.45) is 0 Å². The smallest absolute Gasteiger partial charge is 0.280 e. The van der Waals surface area contributed by atoms with Crippen LogP contribution in [0.5, 0.6) is 0 Å². The van der Waals surface area contributed by atoms with Crippen LogP contribution in [0.15, 0.2) is 66.7 Å². The number of ketones is 1. The zero-order chi connectivity index (χ0) is 15.1. The van der Waals surface area contributed by atoms with Gasteiger partial charge in [0.2, 0.25) is 0 Å². The summed E-state index contributed by atoms with van der Waals surface area (Å²) in [6, 6.07) is 15.9. The van der Waals surface area contributed by atoms with Gasteiger partial charge in [0.1, 0.15) is 0 Å². The van der Waals surface area contributed by atoms with Gasteiger partial charge < -0.3 is 0 Å². The summed E-state index contributed by atoms with van der Waals surface area (Å²) in [6.07, 6.45) is 4.72. The van der Waals surface area contributed by atoms with Gasteiger partial charge in [-0.05, 0) is 30.5 Å². The first-order valence-corrected chi connectivity index (χ1v) is 6.66. The molecule has 2 aromatic carbocycles. The number of para-hydroxylation sites is 1. The molecule has 0 saturated heterocycles. The predicted octanol–water partition coefficient (Wildman–Crippen LogP) is 3.97. The number of carbonyl (C=O) groups is 1. The average Bonchev–Trinajstić information content (AvgIpc) is 2.52. The van der Waals surface area contributed by atoms with E-state index in [1.54, 1.807) is 18.2 Å². The fraction of sp³-hybridized carbons (Fsp3) is 0.118. The predicted molar refractivity (Wildman–Crippen MR) is 81.3 cm³/mol. The van der Waals surface area contributed by atoms with Crippen LogP contribution in [-0.2, 0) is 6.42 Å². The Morgan fingerprint density at radius 3 is 2.43 bits per heavy atom. The SMILES string of the molecule is O=C(/C=C/CCc1ccccc1)c1ccccc1[N+](=O)[O-]. The van der Waals surface area contributed by atoms with E-state index in [0.29, 0.717) is 0 Å². The zero-order valence-electron chi connectivity index (χ0n) is 11.4. The van der Waals surface area contributed by atoms with Crippen LogP contribution < -0.4 is 0 Å². The lowest BCUT2D eigenvalue weighted by Gasteiger charge is -1.98. The van der Waals surface area contributed by atoms with Gasteiger partial charge in [0.05, 0.1) is 10.5 Å². The fourth-order valence-electron chi connectivity index (χ4n) is 2.02. The van der Waals surface area contributed by atoms with E-state index in [9.17, 15) is 14.9 Å². The number of carbonyl (C=O) groups excluding carboxylic acids is 1. The Hall–Kier alpha value is -2.75. The third kappa shape index (κ3) is 4.11. The molecule has 4 heteroatoms. The Balaban J connectivity index is 1.98. The highest BCUT2D eigenvalue weighted by Gasteiger charge is 2.16. The van der Waals surface area contributed by atoms with Gasteiger partial charge in [0, 0.05) is 6.07 Å². The minimum absolute atomic E-state index is 0.124. The summed E-state index contributed by atoms with van der Waals surface area (Å²) in [4.78, 5) is 22.3. The van der Waals surface area contributed by atoms with Crippen LogP contribution in [0.2, 0.25) is 0 Å². The van der Waals surface area contributed by atoms with Crippen molar-refractivity contribution in [1.29, 1.82) is 0 Å². The molecule has 0 N–H and O–H groups in total. The molecule has 4 nitrogen and oxygen atoms in total. The Morgan fingerprint density at radius 1 is 1.05 bits per heavy atom. The van der Waals surface area contributed by atoms with Crippen molar-refractivity contribution in [2.75, 3.05) is 0 Å². The highest BCUT2D eigenvalue weighted by molar-refractivity contribution is 6.07. The monoisotopic (exact) mass is 281 g/mol. The first-order chi connectivity index (χ1) is 10.2. The van der Waals surface area contributed by atoms with E-state index < -0.39 is 4.92 Å². The molecule has 0 unspecified atom stereocenters. The van der Waals surface area contributed by atoms with Gasteiger partial charge in [0.25, 0.3) is 5.69 Å². The summed E-state index contributed by atoms with van der Waals surface area (Å²) >= 11 is 0. The van der Waals surface area contributed by atoms with Crippen LogP contribution in [-0.4, -0.2) is 10.7 Å². The molecular weight excluding hydrogens is 266 g/mol. The van der Waals surface area contributed by atoms with E-state index in [4.69, 9.17) is 0 Å². The highest BCUT2D eigenvalue weighted by Crippen LogP contribution is 2.18. The molecule has 0 atom stereocenters. The number of nitro groups is 1. The first kappa shape index (κ1) is 14.7.